The summed E-state index contributed by atoms with van der Waals surface area (Å²) in [4.78, 5) is 13.4. The molecule has 112 valence electrons. The van der Waals surface area contributed by atoms with E-state index in [0.29, 0.717) is 38.3 Å². The van der Waals surface area contributed by atoms with Gasteiger partial charge in [0, 0.05) is 31.7 Å². The zero-order valence-corrected chi connectivity index (χ0v) is 11.2. The molecule has 1 N–H and O–H groups in total. The van der Waals surface area contributed by atoms with Crippen molar-refractivity contribution in [1.82, 2.24) is 10.2 Å². The highest BCUT2D eigenvalue weighted by molar-refractivity contribution is 5.94. The molecule has 1 aromatic carbocycles. The summed E-state index contributed by atoms with van der Waals surface area (Å²) in [5, 5.41) is 3.02. The Hall–Kier alpha value is -1.34. The van der Waals surface area contributed by atoms with E-state index in [4.69, 9.17) is 0 Å². The van der Waals surface area contributed by atoms with Gasteiger partial charge in [0.2, 0.25) is 0 Å². The van der Waals surface area contributed by atoms with Crippen LogP contribution in [0, 0.1) is 5.82 Å². The van der Waals surface area contributed by atoms with Crippen LogP contribution in [0.25, 0.3) is 0 Å². The van der Waals surface area contributed by atoms with Gasteiger partial charge in [-0.25, -0.2) is 4.39 Å². The van der Waals surface area contributed by atoms with E-state index >= 15 is 0 Å². The Balaban J connectivity index is 0.00000200. The largest absolute Gasteiger partial charge is 0.416 e. The molecule has 1 heterocycles. The highest BCUT2D eigenvalue weighted by Crippen LogP contribution is 2.30. The Morgan fingerprint density at radius 2 is 1.75 bits per heavy atom. The summed E-state index contributed by atoms with van der Waals surface area (Å²) in [5.74, 6) is -1.64. The predicted octanol–water partition coefficient (Wildman–Crippen LogP) is 2.31. The summed E-state index contributed by atoms with van der Waals surface area (Å²) in [6, 6.07) is 1.90. The number of nitrogens with one attached hydrogen (secondary N) is 1. The molecule has 2 rings (SSSR count). The molecular weight excluding hydrogens is 300 g/mol. The number of carbonyl (C=O) groups is 1. The van der Waals surface area contributed by atoms with Crippen LogP contribution in [0.1, 0.15) is 15.9 Å². The third kappa shape index (κ3) is 3.83. The molecular formula is C12H13ClF4N2O. The first-order valence-electron chi connectivity index (χ1n) is 5.76. The highest BCUT2D eigenvalue weighted by atomic mass is 35.5. The van der Waals surface area contributed by atoms with Crippen LogP contribution >= 0.6 is 12.4 Å². The number of piperazine rings is 1. The minimum Gasteiger partial charge on any atom is -0.336 e. The Kier molecular flexibility index (Phi) is 5.35. The second-order valence-electron chi connectivity index (χ2n) is 4.27. The molecule has 1 aromatic rings. The molecule has 1 aliphatic rings. The van der Waals surface area contributed by atoms with Crippen molar-refractivity contribution in [2.24, 2.45) is 0 Å². The fourth-order valence-corrected chi connectivity index (χ4v) is 1.93. The maximum Gasteiger partial charge on any atom is 0.416 e. The van der Waals surface area contributed by atoms with Crippen LogP contribution in [0.4, 0.5) is 17.6 Å². The number of alkyl halides is 3. The topological polar surface area (TPSA) is 32.3 Å². The van der Waals surface area contributed by atoms with Crippen LogP contribution in [-0.2, 0) is 6.18 Å². The van der Waals surface area contributed by atoms with Gasteiger partial charge in [0.15, 0.2) is 0 Å². The number of carbonyl (C=O) groups excluding carboxylic acids is 1. The molecule has 3 nitrogen and oxygen atoms in total. The third-order valence-electron chi connectivity index (χ3n) is 2.88. The zero-order chi connectivity index (χ0) is 14.0. The summed E-state index contributed by atoms with van der Waals surface area (Å²) in [7, 11) is 0. The van der Waals surface area contributed by atoms with Gasteiger partial charge in [0.25, 0.3) is 5.91 Å². The first-order chi connectivity index (χ1) is 8.88. The second-order valence-corrected chi connectivity index (χ2v) is 4.27. The van der Waals surface area contributed by atoms with Gasteiger partial charge in [-0.15, -0.1) is 12.4 Å². The lowest BCUT2D eigenvalue weighted by molar-refractivity contribution is -0.137. The van der Waals surface area contributed by atoms with Crippen molar-refractivity contribution < 1.29 is 22.4 Å². The molecule has 1 saturated heterocycles. The predicted molar refractivity (Wildman–Crippen MR) is 67.4 cm³/mol. The van der Waals surface area contributed by atoms with E-state index in [1.165, 1.54) is 4.90 Å². The quantitative estimate of drug-likeness (QED) is 0.807. The Bertz CT molecular complexity index is 487. The standard InChI is InChI=1S/C12H12F4N2O.ClH/c13-10-6-8(5-9(7-10)12(14,15)16)11(19)18-3-1-17-2-4-18;/h5-7,17H,1-4H2;1H. The molecule has 0 bridgehead atoms. The molecule has 1 aliphatic heterocycles. The second kappa shape index (κ2) is 6.41. The van der Waals surface area contributed by atoms with Gasteiger partial charge in [0.05, 0.1) is 5.56 Å². The van der Waals surface area contributed by atoms with E-state index in [0.717, 1.165) is 6.07 Å². The highest BCUT2D eigenvalue weighted by Gasteiger charge is 2.32. The van der Waals surface area contributed by atoms with Crippen LogP contribution in [-0.4, -0.2) is 37.0 Å². The van der Waals surface area contributed by atoms with Crippen LogP contribution < -0.4 is 5.32 Å². The molecule has 0 aromatic heterocycles. The van der Waals surface area contributed by atoms with Gasteiger partial charge < -0.3 is 10.2 Å². The molecule has 1 amide bonds. The minimum absolute atomic E-state index is 0. The van der Waals surface area contributed by atoms with Crippen molar-refractivity contribution in [3.05, 3.63) is 35.1 Å². The normalized spacial score (nSPS) is 15.7. The number of benzene rings is 1. The fourth-order valence-electron chi connectivity index (χ4n) is 1.93. The van der Waals surface area contributed by atoms with Crippen molar-refractivity contribution in [2.75, 3.05) is 26.2 Å². The van der Waals surface area contributed by atoms with Gasteiger partial charge in [-0.2, -0.15) is 13.2 Å². The monoisotopic (exact) mass is 312 g/mol. The molecule has 8 heteroatoms. The third-order valence-corrected chi connectivity index (χ3v) is 2.88. The number of nitrogens with zero attached hydrogens (tertiary/aromatic N) is 1. The van der Waals surface area contributed by atoms with Crippen LogP contribution in [0.15, 0.2) is 18.2 Å². The maximum absolute atomic E-state index is 13.2. The van der Waals surface area contributed by atoms with Crippen molar-refractivity contribution in [2.45, 2.75) is 6.18 Å². The molecule has 0 unspecified atom stereocenters. The molecule has 0 aliphatic carbocycles. The Morgan fingerprint density at radius 1 is 1.15 bits per heavy atom. The minimum atomic E-state index is -4.67. The summed E-state index contributed by atoms with van der Waals surface area (Å²) >= 11 is 0. The molecule has 0 spiro atoms. The lowest BCUT2D eigenvalue weighted by Crippen LogP contribution is -2.46. The first-order valence-corrected chi connectivity index (χ1v) is 5.76. The van der Waals surface area contributed by atoms with E-state index in [1.54, 1.807) is 0 Å². The van der Waals surface area contributed by atoms with Crippen LogP contribution in [0.3, 0.4) is 0 Å². The lowest BCUT2D eigenvalue weighted by atomic mass is 10.1. The summed E-state index contributed by atoms with van der Waals surface area (Å²) < 4.78 is 50.9. The van der Waals surface area contributed by atoms with E-state index in [-0.39, 0.29) is 18.0 Å². The van der Waals surface area contributed by atoms with Gasteiger partial charge in [-0.1, -0.05) is 0 Å². The van der Waals surface area contributed by atoms with Crippen molar-refractivity contribution in [3.63, 3.8) is 0 Å². The van der Waals surface area contributed by atoms with Crippen molar-refractivity contribution >= 4 is 18.3 Å². The molecule has 0 radical (unpaired) electrons. The maximum atomic E-state index is 13.2. The van der Waals surface area contributed by atoms with E-state index in [1.807, 2.05) is 0 Å². The molecule has 0 saturated carbocycles. The molecule has 1 fully saturated rings. The summed E-state index contributed by atoms with van der Waals surface area (Å²) in [5.41, 5.74) is -1.42. The van der Waals surface area contributed by atoms with Gasteiger partial charge >= 0.3 is 6.18 Å². The fraction of sp³-hybridized carbons (Fsp3) is 0.417. The van der Waals surface area contributed by atoms with Gasteiger partial charge in [0.1, 0.15) is 5.82 Å². The van der Waals surface area contributed by atoms with Gasteiger partial charge in [-0.05, 0) is 18.2 Å². The summed E-state index contributed by atoms with van der Waals surface area (Å²) in [6.07, 6.45) is -4.67. The zero-order valence-electron chi connectivity index (χ0n) is 10.3. The average Bonchev–Trinajstić information content (AvgIpc) is 2.37. The molecule has 20 heavy (non-hydrogen) atoms. The van der Waals surface area contributed by atoms with E-state index < -0.39 is 23.5 Å². The number of hydrogen-bond acceptors (Lipinski definition) is 2. The van der Waals surface area contributed by atoms with Crippen LogP contribution in [0.2, 0.25) is 0 Å². The first kappa shape index (κ1) is 16.7. The SMILES string of the molecule is Cl.O=C(c1cc(F)cc(C(F)(F)F)c1)N1CCNCC1. The Morgan fingerprint density at radius 3 is 2.30 bits per heavy atom. The van der Waals surface area contributed by atoms with E-state index in [2.05, 4.69) is 5.32 Å². The van der Waals surface area contributed by atoms with Crippen LogP contribution in [0.5, 0.6) is 0 Å². The smallest absolute Gasteiger partial charge is 0.336 e. The van der Waals surface area contributed by atoms with Crippen molar-refractivity contribution in [3.8, 4) is 0 Å². The Labute approximate surface area is 119 Å². The number of hydrogen-bond donors (Lipinski definition) is 1. The lowest BCUT2D eigenvalue weighted by Gasteiger charge is -2.27. The van der Waals surface area contributed by atoms with Crippen molar-refractivity contribution in [1.29, 1.82) is 0 Å². The average molecular weight is 313 g/mol. The van der Waals surface area contributed by atoms with E-state index in [9.17, 15) is 22.4 Å². The number of amides is 1. The number of rotatable bonds is 1. The molecule has 0 atom stereocenters. The summed E-state index contributed by atoms with van der Waals surface area (Å²) in [6.45, 7) is 1.95. The van der Waals surface area contributed by atoms with Gasteiger partial charge in [-0.3, -0.25) is 4.79 Å². The number of halogens is 5.